The predicted molar refractivity (Wildman–Crippen MR) is 77.7 cm³/mol. The lowest BCUT2D eigenvalue weighted by atomic mass is 10.0. The zero-order chi connectivity index (χ0) is 14.1. The van der Waals surface area contributed by atoms with Crippen molar-refractivity contribution in [3.63, 3.8) is 0 Å². The van der Waals surface area contributed by atoms with Crippen molar-refractivity contribution < 1.29 is 4.79 Å². The molecule has 0 bridgehead atoms. The van der Waals surface area contributed by atoms with Gasteiger partial charge in [0.05, 0.1) is 0 Å². The molecule has 0 rings (SSSR count). The number of nitrogens with one attached hydrogen (secondary N) is 1. The first kappa shape index (κ1) is 17.4. The summed E-state index contributed by atoms with van der Waals surface area (Å²) in [5, 5.41) is 3.56. The van der Waals surface area contributed by atoms with Gasteiger partial charge in [-0.3, -0.25) is 4.79 Å². The van der Waals surface area contributed by atoms with Crippen LogP contribution in [-0.4, -0.2) is 63.0 Å². The molecule has 0 aromatic rings. The SMILES string of the molecule is CC(C)CC(CN(C)C)NCCCC(=O)N(C)C. The van der Waals surface area contributed by atoms with E-state index >= 15 is 0 Å². The molecule has 4 heteroatoms. The Morgan fingerprint density at radius 1 is 1.17 bits per heavy atom. The third-order valence-corrected chi connectivity index (χ3v) is 2.84. The summed E-state index contributed by atoms with van der Waals surface area (Å²) in [6.45, 7) is 6.48. The Morgan fingerprint density at radius 3 is 2.22 bits per heavy atom. The molecule has 108 valence electrons. The number of amides is 1. The van der Waals surface area contributed by atoms with Crippen LogP contribution < -0.4 is 5.32 Å². The Morgan fingerprint density at radius 2 is 1.78 bits per heavy atom. The van der Waals surface area contributed by atoms with Gasteiger partial charge < -0.3 is 15.1 Å². The zero-order valence-corrected chi connectivity index (χ0v) is 13.0. The normalized spacial score (nSPS) is 13.1. The lowest BCUT2D eigenvalue weighted by molar-refractivity contribution is -0.128. The summed E-state index contributed by atoms with van der Waals surface area (Å²) in [6.07, 6.45) is 2.73. The molecular formula is C14H31N3O. The fraction of sp³-hybridized carbons (Fsp3) is 0.929. The maximum atomic E-state index is 11.4. The molecule has 0 heterocycles. The highest BCUT2D eigenvalue weighted by Crippen LogP contribution is 2.05. The fourth-order valence-corrected chi connectivity index (χ4v) is 2.00. The van der Waals surface area contributed by atoms with Crippen molar-refractivity contribution in [2.75, 3.05) is 41.3 Å². The summed E-state index contributed by atoms with van der Waals surface area (Å²) < 4.78 is 0. The zero-order valence-electron chi connectivity index (χ0n) is 13.0. The second-order valence-electron chi connectivity index (χ2n) is 5.93. The van der Waals surface area contributed by atoms with E-state index in [9.17, 15) is 4.79 Å². The highest BCUT2D eigenvalue weighted by Gasteiger charge is 2.11. The maximum Gasteiger partial charge on any atom is 0.222 e. The molecule has 0 aliphatic heterocycles. The number of hydrogen-bond acceptors (Lipinski definition) is 3. The van der Waals surface area contributed by atoms with E-state index in [4.69, 9.17) is 0 Å². The number of rotatable bonds is 9. The van der Waals surface area contributed by atoms with E-state index in [0.29, 0.717) is 18.4 Å². The van der Waals surface area contributed by atoms with Gasteiger partial charge in [0.1, 0.15) is 0 Å². The van der Waals surface area contributed by atoms with Crippen molar-refractivity contribution in [1.82, 2.24) is 15.1 Å². The minimum absolute atomic E-state index is 0.213. The smallest absolute Gasteiger partial charge is 0.222 e. The van der Waals surface area contributed by atoms with Gasteiger partial charge in [0.2, 0.25) is 5.91 Å². The van der Waals surface area contributed by atoms with E-state index in [1.54, 1.807) is 4.90 Å². The first-order chi connectivity index (χ1) is 8.32. The Kier molecular flexibility index (Phi) is 9.02. The molecule has 0 fully saturated rings. The minimum Gasteiger partial charge on any atom is -0.349 e. The average Bonchev–Trinajstić information content (AvgIpc) is 2.21. The second kappa shape index (κ2) is 9.34. The van der Waals surface area contributed by atoms with Crippen molar-refractivity contribution in [3.05, 3.63) is 0 Å². The summed E-state index contributed by atoms with van der Waals surface area (Å²) in [5.74, 6) is 0.913. The molecule has 0 aromatic heterocycles. The molecular weight excluding hydrogens is 226 g/mol. The molecule has 0 aliphatic rings. The van der Waals surface area contributed by atoms with Crippen molar-refractivity contribution >= 4 is 5.91 Å². The van der Waals surface area contributed by atoms with Gasteiger partial charge in [-0.15, -0.1) is 0 Å². The van der Waals surface area contributed by atoms with Gasteiger partial charge in [-0.05, 0) is 39.4 Å². The van der Waals surface area contributed by atoms with Crippen molar-refractivity contribution in [1.29, 1.82) is 0 Å². The molecule has 4 nitrogen and oxygen atoms in total. The Balaban J connectivity index is 3.85. The van der Waals surface area contributed by atoms with Crippen LogP contribution in [0.15, 0.2) is 0 Å². The van der Waals surface area contributed by atoms with Crippen LogP contribution in [0.3, 0.4) is 0 Å². The van der Waals surface area contributed by atoms with Gasteiger partial charge in [-0.2, -0.15) is 0 Å². The van der Waals surface area contributed by atoms with E-state index in [1.165, 1.54) is 6.42 Å². The Hall–Kier alpha value is -0.610. The molecule has 0 radical (unpaired) electrons. The molecule has 0 saturated carbocycles. The summed E-state index contributed by atoms with van der Waals surface area (Å²) in [5.41, 5.74) is 0. The molecule has 1 atom stereocenters. The van der Waals surface area contributed by atoms with Gasteiger partial charge in [-0.25, -0.2) is 0 Å². The number of nitrogens with zero attached hydrogens (tertiary/aromatic N) is 2. The van der Waals surface area contributed by atoms with Crippen molar-refractivity contribution in [2.45, 2.75) is 39.2 Å². The van der Waals surface area contributed by atoms with E-state index in [-0.39, 0.29) is 5.91 Å². The average molecular weight is 257 g/mol. The summed E-state index contributed by atoms with van der Waals surface area (Å²) in [4.78, 5) is 15.3. The Labute approximate surface area is 113 Å². The quantitative estimate of drug-likeness (QED) is 0.635. The fourth-order valence-electron chi connectivity index (χ4n) is 2.00. The van der Waals surface area contributed by atoms with Gasteiger partial charge in [0, 0.05) is 33.1 Å². The highest BCUT2D eigenvalue weighted by atomic mass is 16.2. The molecule has 1 amide bonds. The molecule has 0 aliphatic carbocycles. The van der Waals surface area contributed by atoms with E-state index in [2.05, 4.69) is 38.2 Å². The van der Waals surface area contributed by atoms with Crippen molar-refractivity contribution in [3.8, 4) is 0 Å². The lowest BCUT2D eigenvalue weighted by Crippen LogP contribution is -2.39. The van der Waals surface area contributed by atoms with E-state index in [1.807, 2.05) is 14.1 Å². The van der Waals surface area contributed by atoms with Gasteiger partial charge in [0.15, 0.2) is 0 Å². The predicted octanol–water partition coefficient (Wildman–Crippen LogP) is 1.42. The van der Waals surface area contributed by atoms with Crippen LogP contribution >= 0.6 is 0 Å². The van der Waals surface area contributed by atoms with Crippen molar-refractivity contribution in [2.24, 2.45) is 5.92 Å². The minimum atomic E-state index is 0.213. The second-order valence-corrected chi connectivity index (χ2v) is 5.93. The first-order valence-electron chi connectivity index (χ1n) is 6.91. The molecule has 0 aromatic carbocycles. The van der Waals surface area contributed by atoms with Crippen LogP contribution in [0.1, 0.15) is 33.1 Å². The van der Waals surface area contributed by atoms with Crippen LogP contribution in [0.2, 0.25) is 0 Å². The molecule has 0 saturated heterocycles. The monoisotopic (exact) mass is 257 g/mol. The van der Waals surface area contributed by atoms with E-state index < -0.39 is 0 Å². The third kappa shape index (κ3) is 9.42. The van der Waals surface area contributed by atoms with Crippen LogP contribution in [0.5, 0.6) is 0 Å². The van der Waals surface area contributed by atoms with Crippen LogP contribution in [0, 0.1) is 5.92 Å². The first-order valence-corrected chi connectivity index (χ1v) is 6.91. The van der Waals surface area contributed by atoms with Gasteiger partial charge in [0.25, 0.3) is 0 Å². The summed E-state index contributed by atoms with van der Waals surface area (Å²) >= 11 is 0. The topological polar surface area (TPSA) is 35.6 Å². The molecule has 1 N–H and O–H groups in total. The summed E-state index contributed by atoms with van der Waals surface area (Å²) in [7, 11) is 7.82. The van der Waals surface area contributed by atoms with E-state index in [0.717, 1.165) is 19.5 Å². The third-order valence-electron chi connectivity index (χ3n) is 2.84. The van der Waals surface area contributed by atoms with Crippen LogP contribution in [0.4, 0.5) is 0 Å². The number of carbonyl (C=O) groups excluding carboxylic acids is 1. The van der Waals surface area contributed by atoms with Gasteiger partial charge >= 0.3 is 0 Å². The summed E-state index contributed by atoms with van der Waals surface area (Å²) in [6, 6.07) is 0.523. The maximum absolute atomic E-state index is 11.4. The molecule has 1 unspecified atom stereocenters. The lowest BCUT2D eigenvalue weighted by Gasteiger charge is -2.24. The van der Waals surface area contributed by atoms with Gasteiger partial charge in [-0.1, -0.05) is 13.8 Å². The van der Waals surface area contributed by atoms with Crippen LogP contribution in [-0.2, 0) is 4.79 Å². The van der Waals surface area contributed by atoms with Crippen LogP contribution in [0.25, 0.3) is 0 Å². The molecule has 18 heavy (non-hydrogen) atoms. The standard InChI is InChI=1S/C14H31N3O/c1-12(2)10-13(11-16(3)4)15-9-7-8-14(18)17(5)6/h12-13,15H,7-11H2,1-6H3. The highest BCUT2D eigenvalue weighted by molar-refractivity contribution is 5.75. The molecule has 0 spiro atoms. The number of likely N-dealkylation sites (N-methyl/N-ethyl adjacent to an activating group) is 1. The largest absolute Gasteiger partial charge is 0.349 e. The Bertz CT molecular complexity index is 217. The number of hydrogen-bond donors (Lipinski definition) is 1. The number of carbonyl (C=O) groups is 1.